The molecule has 1 unspecified atom stereocenters. The third-order valence-electron chi connectivity index (χ3n) is 1.87. The van der Waals surface area contributed by atoms with Crippen molar-refractivity contribution in [2.45, 2.75) is 13.3 Å². The summed E-state index contributed by atoms with van der Waals surface area (Å²) in [5, 5.41) is 26.7. The lowest BCUT2D eigenvalue weighted by atomic mass is 9.91. The van der Waals surface area contributed by atoms with Gasteiger partial charge in [0, 0.05) is 12.0 Å². The zero-order valence-corrected chi connectivity index (χ0v) is 6.61. The predicted octanol–water partition coefficient (Wildman–Crippen LogP) is 1.36. The van der Waals surface area contributed by atoms with Crippen LogP contribution in [0.25, 0.3) is 0 Å². The molecule has 1 aliphatic carbocycles. The first-order valence-electron chi connectivity index (χ1n) is 3.58. The quantitative estimate of drug-likeness (QED) is 0.555. The van der Waals surface area contributed by atoms with E-state index in [4.69, 9.17) is 15.3 Å². The molecule has 4 nitrogen and oxygen atoms in total. The summed E-state index contributed by atoms with van der Waals surface area (Å²) in [4.78, 5) is 10.5. The third-order valence-corrected chi connectivity index (χ3v) is 1.87. The second-order valence-electron chi connectivity index (χ2n) is 2.84. The van der Waals surface area contributed by atoms with Crippen molar-refractivity contribution in [3.8, 4) is 0 Å². The van der Waals surface area contributed by atoms with Crippen LogP contribution in [-0.2, 0) is 4.79 Å². The maximum atomic E-state index is 10.5. The van der Waals surface area contributed by atoms with E-state index >= 15 is 0 Å². The third kappa shape index (κ3) is 1.42. The van der Waals surface area contributed by atoms with E-state index in [0.29, 0.717) is 0 Å². The van der Waals surface area contributed by atoms with Crippen molar-refractivity contribution in [2.24, 2.45) is 5.92 Å². The Balaban J connectivity index is 3.01. The fourth-order valence-corrected chi connectivity index (χ4v) is 1.15. The van der Waals surface area contributed by atoms with Crippen LogP contribution < -0.4 is 0 Å². The van der Waals surface area contributed by atoms with Crippen LogP contribution in [-0.4, -0.2) is 21.3 Å². The van der Waals surface area contributed by atoms with Crippen molar-refractivity contribution >= 4 is 5.97 Å². The van der Waals surface area contributed by atoms with Crippen LogP contribution >= 0.6 is 0 Å². The molecular weight excluding hydrogens is 160 g/mol. The van der Waals surface area contributed by atoms with Crippen molar-refractivity contribution in [3.63, 3.8) is 0 Å². The van der Waals surface area contributed by atoms with Gasteiger partial charge in [-0.3, -0.25) is 0 Å². The van der Waals surface area contributed by atoms with Crippen molar-refractivity contribution in [2.75, 3.05) is 0 Å². The molecule has 1 rings (SSSR count). The number of hydrogen-bond donors (Lipinski definition) is 3. The van der Waals surface area contributed by atoms with E-state index in [9.17, 15) is 4.79 Å². The van der Waals surface area contributed by atoms with E-state index < -0.39 is 5.97 Å². The average Bonchev–Trinajstić information content (AvgIpc) is 1.96. The Morgan fingerprint density at radius 3 is 2.67 bits per heavy atom. The topological polar surface area (TPSA) is 77.8 Å². The number of hydrogen-bond acceptors (Lipinski definition) is 3. The molecule has 0 aliphatic heterocycles. The molecule has 0 aromatic rings. The van der Waals surface area contributed by atoms with Gasteiger partial charge in [0.1, 0.15) is 5.76 Å². The first-order chi connectivity index (χ1) is 5.52. The van der Waals surface area contributed by atoms with Crippen molar-refractivity contribution in [3.05, 3.63) is 23.2 Å². The first kappa shape index (κ1) is 8.64. The van der Waals surface area contributed by atoms with Gasteiger partial charge in [0.05, 0.1) is 0 Å². The van der Waals surface area contributed by atoms with Crippen molar-refractivity contribution < 1.29 is 20.1 Å². The zero-order valence-electron chi connectivity index (χ0n) is 6.61. The highest BCUT2D eigenvalue weighted by atomic mass is 16.4. The second kappa shape index (κ2) is 2.89. The van der Waals surface area contributed by atoms with Gasteiger partial charge in [0.25, 0.3) is 0 Å². The molecule has 66 valence electrons. The minimum Gasteiger partial charge on any atom is -0.508 e. The lowest BCUT2D eigenvalue weighted by Crippen LogP contribution is -2.15. The highest BCUT2D eigenvalue weighted by Gasteiger charge is 2.23. The van der Waals surface area contributed by atoms with Crippen LogP contribution in [0.1, 0.15) is 13.3 Å². The summed E-state index contributed by atoms with van der Waals surface area (Å²) in [6.45, 7) is 1.68. The smallest absolute Gasteiger partial charge is 0.331 e. The molecular formula is C8H10O4. The van der Waals surface area contributed by atoms with Gasteiger partial charge in [-0.15, -0.1) is 0 Å². The summed E-state index contributed by atoms with van der Waals surface area (Å²) in [6, 6.07) is 0. The van der Waals surface area contributed by atoms with E-state index in [0.717, 1.165) is 6.08 Å². The highest BCUT2D eigenvalue weighted by Crippen LogP contribution is 2.26. The van der Waals surface area contributed by atoms with Crippen LogP contribution in [0.3, 0.4) is 0 Å². The standard InChI is InChI=1S/C8H10O4/c1-4-2-6(9)7(10)3-5(4)8(11)12/h3-4,9-10H,2H2,1H3,(H,11,12). The predicted molar refractivity (Wildman–Crippen MR) is 41.8 cm³/mol. The Kier molecular flexibility index (Phi) is 2.08. The number of aliphatic hydroxyl groups is 2. The SMILES string of the molecule is CC1CC(O)=C(O)C=C1C(=O)O. The zero-order chi connectivity index (χ0) is 9.30. The van der Waals surface area contributed by atoms with Crippen LogP contribution in [0.2, 0.25) is 0 Å². The maximum absolute atomic E-state index is 10.5. The number of allylic oxidation sites excluding steroid dienone is 2. The van der Waals surface area contributed by atoms with E-state index in [1.165, 1.54) is 0 Å². The molecule has 0 radical (unpaired) electrons. The Labute approximate surface area is 69.5 Å². The van der Waals surface area contributed by atoms with Crippen LogP contribution in [0.5, 0.6) is 0 Å². The molecule has 0 heterocycles. The number of carboxylic acids is 1. The molecule has 0 saturated carbocycles. The van der Waals surface area contributed by atoms with Gasteiger partial charge in [-0.1, -0.05) is 6.92 Å². The summed E-state index contributed by atoms with van der Waals surface area (Å²) < 4.78 is 0. The largest absolute Gasteiger partial charge is 0.508 e. The molecule has 0 amide bonds. The van der Waals surface area contributed by atoms with E-state index in [1.807, 2.05) is 0 Å². The lowest BCUT2D eigenvalue weighted by molar-refractivity contribution is -0.133. The van der Waals surface area contributed by atoms with Gasteiger partial charge in [-0.2, -0.15) is 0 Å². The first-order valence-corrected chi connectivity index (χ1v) is 3.58. The number of aliphatic carboxylic acids is 1. The second-order valence-corrected chi connectivity index (χ2v) is 2.84. The Morgan fingerprint density at radius 1 is 1.58 bits per heavy atom. The highest BCUT2D eigenvalue weighted by molar-refractivity contribution is 5.88. The monoisotopic (exact) mass is 170 g/mol. The van der Waals surface area contributed by atoms with Crippen molar-refractivity contribution in [1.29, 1.82) is 0 Å². The van der Waals surface area contributed by atoms with Gasteiger partial charge in [0.2, 0.25) is 0 Å². The Hall–Kier alpha value is -1.45. The molecule has 4 heteroatoms. The molecule has 0 aromatic carbocycles. The minimum absolute atomic E-state index is 0.130. The fourth-order valence-electron chi connectivity index (χ4n) is 1.15. The molecule has 0 bridgehead atoms. The molecule has 0 aromatic heterocycles. The molecule has 0 fully saturated rings. The lowest BCUT2D eigenvalue weighted by Gasteiger charge is -2.16. The average molecular weight is 170 g/mol. The van der Waals surface area contributed by atoms with E-state index in [1.54, 1.807) is 6.92 Å². The number of carboxylic acid groups (broad SMARTS) is 1. The van der Waals surface area contributed by atoms with E-state index in [2.05, 4.69) is 0 Å². The van der Waals surface area contributed by atoms with Gasteiger partial charge in [-0.25, -0.2) is 4.79 Å². The summed E-state index contributed by atoms with van der Waals surface area (Å²) in [5.41, 5.74) is 0.130. The van der Waals surface area contributed by atoms with Crippen LogP contribution in [0, 0.1) is 5.92 Å². The normalized spacial score (nSPS) is 23.8. The van der Waals surface area contributed by atoms with Crippen LogP contribution in [0.4, 0.5) is 0 Å². The number of aliphatic hydroxyl groups excluding tert-OH is 2. The maximum Gasteiger partial charge on any atom is 0.331 e. The molecule has 12 heavy (non-hydrogen) atoms. The van der Waals surface area contributed by atoms with Gasteiger partial charge >= 0.3 is 5.97 Å². The Bertz CT molecular complexity index is 275. The number of rotatable bonds is 1. The molecule has 1 aliphatic rings. The summed E-state index contributed by atoms with van der Waals surface area (Å²) in [6.07, 6.45) is 1.27. The van der Waals surface area contributed by atoms with Gasteiger partial charge in [-0.05, 0) is 12.0 Å². The van der Waals surface area contributed by atoms with Gasteiger partial charge in [0.15, 0.2) is 5.76 Å². The van der Waals surface area contributed by atoms with Gasteiger partial charge < -0.3 is 15.3 Å². The van der Waals surface area contributed by atoms with E-state index in [-0.39, 0.29) is 29.4 Å². The minimum atomic E-state index is -1.05. The Morgan fingerprint density at radius 2 is 2.17 bits per heavy atom. The summed E-state index contributed by atoms with van der Waals surface area (Å²) in [5.74, 6) is -1.79. The summed E-state index contributed by atoms with van der Waals surface area (Å²) >= 11 is 0. The molecule has 3 N–H and O–H groups in total. The molecule has 0 spiro atoms. The van der Waals surface area contributed by atoms with Crippen LogP contribution in [0.15, 0.2) is 23.2 Å². The molecule has 0 saturated heterocycles. The molecule has 1 atom stereocenters. The fraction of sp³-hybridized carbons (Fsp3) is 0.375. The number of carbonyl (C=O) groups is 1. The summed E-state index contributed by atoms with van der Waals surface area (Å²) in [7, 11) is 0. The van der Waals surface area contributed by atoms with Crippen molar-refractivity contribution in [1.82, 2.24) is 0 Å².